The standard InChI is InChI=1S/C12H14FNO/c1-8-4-5-10(13)11-9(3-2-6-15)7-14-12(8)11/h4-5,7,14-15H,2-3,6H2,1H3. The van der Waals surface area contributed by atoms with E-state index in [-0.39, 0.29) is 12.4 Å². The lowest BCUT2D eigenvalue weighted by Crippen LogP contribution is -1.89. The summed E-state index contributed by atoms with van der Waals surface area (Å²) in [5.74, 6) is -0.190. The largest absolute Gasteiger partial charge is 0.396 e. The summed E-state index contributed by atoms with van der Waals surface area (Å²) in [6.45, 7) is 2.09. The quantitative estimate of drug-likeness (QED) is 0.797. The molecule has 2 rings (SSSR count). The Labute approximate surface area is 87.7 Å². The molecule has 0 saturated heterocycles. The summed E-state index contributed by atoms with van der Waals surface area (Å²) in [7, 11) is 0. The summed E-state index contributed by atoms with van der Waals surface area (Å²) in [6, 6.07) is 3.26. The van der Waals surface area contributed by atoms with E-state index in [9.17, 15) is 4.39 Å². The van der Waals surface area contributed by atoms with Crippen molar-refractivity contribution in [1.29, 1.82) is 0 Å². The first-order valence-electron chi connectivity index (χ1n) is 5.10. The first kappa shape index (κ1) is 10.2. The van der Waals surface area contributed by atoms with Gasteiger partial charge in [-0.3, -0.25) is 0 Å². The smallest absolute Gasteiger partial charge is 0.132 e. The van der Waals surface area contributed by atoms with Crippen LogP contribution in [0.4, 0.5) is 4.39 Å². The van der Waals surface area contributed by atoms with Crippen LogP contribution in [0.1, 0.15) is 17.5 Å². The van der Waals surface area contributed by atoms with Crippen LogP contribution >= 0.6 is 0 Å². The Kier molecular flexibility index (Phi) is 2.73. The van der Waals surface area contributed by atoms with Crippen molar-refractivity contribution in [2.45, 2.75) is 19.8 Å². The Morgan fingerprint density at radius 2 is 2.20 bits per heavy atom. The maximum atomic E-state index is 13.6. The zero-order chi connectivity index (χ0) is 10.8. The Morgan fingerprint density at radius 3 is 2.93 bits per heavy atom. The van der Waals surface area contributed by atoms with Gasteiger partial charge in [-0.25, -0.2) is 4.39 Å². The van der Waals surface area contributed by atoms with E-state index < -0.39 is 0 Å². The molecule has 2 nitrogen and oxygen atoms in total. The summed E-state index contributed by atoms with van der Waals surface area (Å²) in [4.78, 5) is 3.08. The summed E-state index contributed by atoms with van der Waals surface area (Å²) in [6.07, 6.45) is 3.20. The molecular weight excluding hydrogens is 193 g/mol. The molecule has 3 heteroatoms. The minimum absolute atomic E-state index is 0.139. The number of nitrogens with one attached hydrogen (secondary N) is 1. The maximum absolute atomic E-state index is 13.6. The second-order valence-corrected chi connectivity index (χ2v) is 3.76. The summed E-state index contributed by atoms with van der Waals surface area (Å²) >= 11 is 0. The first-order valence-corrected chi connectivity index (χ1v) is 5.10. The Bertz CT molecular complexity index is 476. The SMILES string of the molecule is Cc1ccc(F)c2c(CCCO)c[nH]c12. The van der Waals surface area contributed by atoms with Gasteiger partial charge in [-0.2, -0.15) is 0 Å². The van der Waals surface area contributed by atoms with Crippen molar-refractivity contribution in [1.82, 2.24) is 4.98 Å². The van der Waals surface area contributed by atoms with E-state index in [2.05, 4.69) is 4.98 Å². The van der Waals surface area contributed by atoms with E-state index >= 15 is 0 Å². The molecule has 0 fully saturated rings. The van der Waals surface area contributed by atoms with Crippen LogP contribution in [0.25, 0.3) is 10.9 Å². The molecule has 0 amide bonds. The normalized spacial score (nSPS) is 11.1. The molecule has 0 bridgehead atoms. The molecule has 1 aromatic heterocycles. The maximum Gasteiger partial charge on any atom is 0.132 e. The highest BCUT2D eigenvalue weighted by molar-refractivity contribution is 5.86. The van der Waals surface area contributed by atoms with Crippen LogP contribution in [0.2, 0.25) is 0 Å². The second kappa shape index (κ2) is 4.03. The highest BCUT2D eigenvalue weighted by atomic mass is 19.1. The third kappa shape index (κ3) is 1.75. The van der Waals surface area contributed by atoms with Crippen molar-refractivity contribution in [3.05, 3.63) is 35.3 Å². The molecule has 0 radical (unpaired) electrons. The summed E-state index contributed by atoms with van der Waals surface area (Å²) < 4.78 is 13.6. The zero-order valence-corrected chi connectivity index (χ0v) is 8.68. The van der Waals surface area contributed by atoms with Gasteiger partial charge >= 0.3 is 0 Å². The van der Waals surface area contributed by atoms with E-state index in [1.165, 1.54) is 6.07 Å². The minimum atomic E-state index is -0.190. The molecule has 0 aliphatic carbocycles. The molecule has 1 heterocycles. The van der Waals surface area contributed by atoms with Gasteiger partial charge in [0.25, 0.3) is 0 Å². The molecule has 0 aliphatic rings. The fourth-order valence-electron chi connectivity index (χ4n) is 1.88. The summed E-state index contributed by atoms with van der Waals surface area (Å²) in [5, 5.41) is 9.43. The topological polar surface area (TPSA) is 36.0 Å². The number of halogens is 1. The van der Waals surface area contributed by atoms with Gasteiger partial charge in [0.05, 0.1) is 5.52 Å². The van der Waals surface area contributed by atoms with Gasteiger partial charge in [0.2, 0.25) is 0 Å². The van der Waals surface area contributed by atoms with Crippen LogP contribution < -0.4 is 0 Å². The van der Waals surface area contributed by atoms with Gasteiger partial charge in [-0.05, 0) is 37.0 Å². The molecule has 0 spiro atoms. The predicted molar refractivity (Wildman–Crippen MR) is 58.4 cm³/mol. The average molecular weight is 207 g/mol. The van der Waals surface area contributed by atoms with Crippen molar-refractivity contribution in [2.75, 3.05) is 6.61 Å². The van der Waals surface area contributed by atoms with Crippen LogP contribution in [-0.4, -0.2) is 16.7 Å². The fourth-order valence-corrected chi connectivity index (χ4v) is 1.88. The van der Waals surface area contributed by atoms with Crippen molar-refractivity contribution >= 4 is 10.9 Å². The van der Waals surface area contributed by atoms with Crippen LogP contribution in [0.15, 0.2) is 18.3 Å². The molecule has 80 valence electrons. The van der Waals surface area contributed by atoms with Crippen molar-refractivity contribution in [3.8, 4) is 0 Å². The van der Waals surface area contributed by atoms with Gasteiger partial charge in [0.15, 0.2) is 0 Å². The van der Waals surface area contributed by atoms with Crippen LogP contribution in [0, 0.1) is 12.7 Å². The van der Waals surface area contributed by atoms with Gasteiger partial charge in [0, 0.05) is 18.2 Å². The zero-order valence-electron chi connectivity index (χ0n) is 8.68. The van der Waals surface area contributed by atoms with E-state index in [0.29, 0.717) is 18.2 Å². The number of aliphatic hydroxyl groups is 1. The molecular formula is C12H14FNO. The lowest BCUT2D eigenvalue weighted by molar-refractivity contribution is 0.288. The molecule has 0 atom stereocenters. The van der Waals surface area contributed by atoms with Crippen LogP contribution in [0.5, 0.6) is 0 Å². The number of hydrogen-bond donors (Lipinski definition) is 2. The van der Waals surface area contributed by atoms with E-state index in [0.717, 1.165) is 16.6 Å². The Morgan fingerprint density at radius 1 is 1.40 bits per heavy atom. The second-order valence-electron chi connectivity index (χ2n) is 3.76. The van der Waals surface area contributed by atoms with Gasteiger partial charge in [-0.1, -0.05) is 6.07 Å². The van der Waals surface area contributed by atoms with Gasteiger partial charge < -0.3 is 10.1 Å². The third-order valence-electron chi connectivity index (χ3n) is 2.68. The molecule has 0 aliphatic heterocycles. The molecule has 1 aromatic carbocycles. The number of aryl methyl sites for hydroxylation is 2. The molecule has 0 saturated carbocycles. The highest BCUT2D eigenvalue weighted by Crippen LogP contribution is 2.25. The number of aliphatic hydroxyl groups excluding tert-OH is 1. The lowest BCUT2D eigenvalue weighted by Gasteiger charge is -2.00. The number of hydrogen-bond acceptors (Lipinski definition) is 1. The number of rotatable bonds is 3. The first-order chi connectivity index (χ1) is 7.24. The molecule has 15 heavy (non-hydrogen) atoms. The van der Waals surface area contributed by atoms with Crippen molar-refractivity contribution in [3.63, 3.8) is 0 Å². The number of benzene rings is 1. The van der Waals surface area contributed by atoms with E-state index in [1.807, 2.05) is 13.1 Å². The Hall–Kier alpha value is -1.35. The predicted octanol–water partition coefficient (Wildman–Crippen LogP) is 2.54. The average Bonchev–Trinajstić information content (AvgIpc) is 2.65. The van der Waals surface area contributed by atoms with Crippen molar-refractivity contribution < 1.29 is 9.50 Å². The number of aromatic amines is 1. The lowest BCUT2D eigenvalue weighted by atomic mass is 10.1. The highest BCUT2D eigenvalue weighted by Gasteiger charge is 2.09. The Balaban J connectivity index is 2.53. The summed E-state index contributed by atoms with van der Waals surface area (Å²) in [5.41, 5.74) is 2.85. The van der Waals surface area contributed by atoms with Crippen LogP contribution in [-0.2, 0) is 6.42 Å². The number of aromatic nitrogens is 1. The third-order valence-corrected chi connectivity index (χ3v) is 2.68. The van der Waals surface area contributed by atoms with E-state index in [1.54, 1.807) is 6.07 Å². The molecule has 2 N–H and O–H groups in total. The van der Waals surface area contributed by atoms with Gasteiger partial charge in [-0.15, -0.1) is 0 Å². The van der Waals surface area contributed by atoms with Gasteiger partial charge in [0.1, 0.15) is 5.82 Å². The number of fused-ring (bicyclic) bond motifs is 1. The monoisotopic (exact) mass is 207 g/mol. The molecule has 2 aromatic rings. The van der Waals surface area contributed by atoms with E-state index in [4.69, 9.17) is 5.11 Å². The minimum Gasteiger partial charge on any atom is -0.396 e. The van der Waals surface area contributed by atoms with Crippen molar-refractivity contribution in [2.24, 2.45) is 0 Å². The molecule has 0 unspecified atom stereocenters. The van der Waals surface area contributed by atoms with Crippen LogP contribution in [0.3, 0.4) is 0 Å². The fraction of sp³-hybridized carbons (Fsp3) is 0.333. The number of H-pyrrole nitrogens is 1.